The summed E-state index contributed by atoms with van der Waals surface area (Å²) in [7, 11) is 0. The standard InChI is InChI=1S/C17H14N2.C16H14N2O.C16H12N2O.C15H11N3O.C12H13N3O.C12H11N3O/c1-2-8-14-13(5-1)11-16-18-10-4-7-12-6-3-9-15(17(12)18)19(14)16;2*1-2-5-12-11(4-1)10-15-17-8-9-19-14-7-3-6-13(16(14)17)18(12)15;1-2-12-15-13(3-1)19-7-6-17(15)14-8-10-9-16-5-4-11(10)18(12)14;2*1-2-13-6-9-5-12-14-3-4-16-8-10(14)7-15(12)11(1)9/h1-6,8-10,16H,7,11H2;1-7,15H,8-10H2;1-9,15H,10H2;1-7,9,14H,8H2;1-2,6-7,12H,3-5,8H2;1-4,6-7,12H,5,8H2. The number of fused-ring (bicyclic) bond motifs is 30. The lowest BCUT2D eigenvalue weighted by Crippen LogP contribution is -2.42. The van der Waals surface area contributed by atoms with Crippen LogP contribution in [-0.4, -0.2) is 101 Å². The van der Waals surface area contributed by atoms with Crippen LogP contribution in [0.5, 0.6) is 17.2 Å². The van der Waals surface area contributed by atoms with Gasteiger partial charge in [-0.2, -0.15) is 0 Å². The predicted octanol–water partition coefficient (Wildman–Crippen LogP) is 15.1. The molecule has 0 bridgehead atoms. The zero-order valence-corrected chi connectivity index (χ0v) is 59.2. The van der Waals surface area contributed by atoms with Gasteiger partial charge in [-0.25, -0.2) is 0 Å². The summed E-state index contributed by atoms with van der Waals surface area (Å²) in [6.45, 7) is 5.05. The van der Waals surface area contributed by atoms with E-state index in [1.807, 2.05) is 74.0 Å². The van der Waals surface area contributed by atoms with Crippen LogP contribution in [0.4, 0.5) is 79.6 Å². The lowest BCUT2D eigenvalue weighted by molar-refractivity contribution is 0.0648. The van der Waals surface area contributed by atoms with Gasteiger partial charge < -0.3 is 82.5 Å². The van der Waals surface area contributed by atoms with Gasteiger partial charge in [0.2, 0.25) is 0 Å². The minimum absolute atomic E-state index is 0.315. The van der Waals surface area contributed by atoms with Gasteiger partial charge in [-0.1, -0.05) is 91.0 Å². The van der Waals surface area contributed by atoms with Crippen LogP contribution in [0.15, 0.2) is 274 Å². The number of hydrogen-bond donors (Lipinski definition) is 0. The Kier molecular flexibility index (Phi) is 13.9. The van der Waals surface area contributed by atoms with Gasteiger partial charge in [-0.3, -0.25) is 15.0 Å². The van der Waals surface area contributed by atoms with E-state index >= 15 is 0 Å². The summed E-state index contributed by atoms with van der Waals surface area (Å²) in [5.74, 6) is 2.92. The lowest BCUT2D eigenvalue weighted by atomic mass is 10.0. The minimum atomic E-state index is 0.315. The van der Waals surface area contributed by atoms with Crippen LogP contribution >= 0.6 is 0 Å². The number of ether oxygens (including phenoxy) is 5. The third-order valence-corrected chi connectivity index (χ3v) is 24.2. The zero-order chi connectivity index (χ0) is 70.7. The highest BCUT2D eigenvalue weighted by Crippen LogP contribution is 2.59. The molecule has 0 amide bonds. The molecule has 3 aromatic heterocycles. The maximum Gasteiger partial charge on any atom is 0.152 e. The number of aromatic nitrogens is 3. The number of para-hydroxylation sites is 7. The monoisotopic (exact) mass is 1420 g/mol. The Morgan fingerprint density at radius 2 is 0.769 bits per heavy atom. The average molecular weight is 1420 g/mol. The molecule has 18 aliphatic rings. The van der Waals surface area contributed by atoms with Crippen LogP contribution in [0.2, 0.25) is 0 Å². The first-order valence-corrected chi connectivity index (χ1v) is 37.8. The van der Waals surface area contributed by atoms with Gasteiger partial charge in [-0.05, 0) is 124 Å². The van der Waals surface area contributed by atoms with Crippen molar-refractivity contribution in [3.63, 3.8) is 0 Å². The van der Waals surface area contributed by atoms with Crippen molar-refractivity contribution in [2.75, 3.05) is 88.5 Å². The number of hydrogen-bond acceptors (Lipinski definition) is 20. The van der Waals surface area contributed by atoms with Crippen LogP contribution in [0.1, 0.15) is 38.9 Å². The first kappa shape index (κ1) is 61.5. The van der Waals surface area contributed by atoms with E-state index in [2.05, 4.69) is 244 Å². The molecular formula is C88H75N15O5. The zero-order valence-electron chi connectivity index (χ0n) is 59.2. The first-order valence-electron chi connectivity index (χ1n) is 37.8. The summed E-state index contributed by atoms with van der Waals surface area (Å²) < 4.78 is 27.8. The molecular weight excluding hydrogens is 1350 g/mol. The molecule has 20 heteroatoms. The molecule has 0 spiro atoms. The summed E-state index contributed by atoms with van der Waals surface area (Å²) in [6.07, 6.45) is 41.6. The quantitative estimate of drug-likeness (QED) is 0.143. The third-order valence-electron chi connectivity index (χ3n) is 24.2. The van der Waals surface area contributed by atoms with Crippen molar-refractivity contribution in [1.29, 1.82) is 0 Å². The summed E-state index contributed by atoms with van der Waals surface area (Å²) in [5, 5.41) is 0. The largest absolute Gasteiger partial charge is 0.493 e. The molecule has 0 saturated carbocycles. The Labute approximate surface area is 625 Å². The molecule has 7 aromatic carbocycles. The highest BCUT2D eigenvalue weighted by molar-refractivity contribution is 5.95. The van der Waals surface area contributed by atoms with Gasteiger partial charge in [0.05, 0.1) is 65.9 Å². The molecule has 1 saturated heterocycles. The Bertz CT molecular complexity index is 5270. The normalized spacial score (nSPS) is 22.5. The fourth-order valence-corrected chi connectivity index (χ4v) is 19.7. The van der Waals surface area contributed by atoms with Crippen molar-refractivity contribution in [1.82, 2.24) is 24.8 Å². The molecule has 0 radical (unpaired) electrons. The van der Waals surface area contributed by atoms with Crippen molar-refractivity contribution in [3.05, 3.63) is 313 Å². The molecule has 21 heterocycles. The molecule has 18 aliphatic heterocycles. The van der Waals surface area contributed by atoms with E-state index < -0.39 is 0 Å². The van der Waals surface area contributed by atoms with E-state index in [-0.39, 0.29) is 0 Å². The Morgan fingerprint density at radius 3 is 1.41 bits per heavy atom. The second kappa shape index (κ2) is 24.4. The van der Waals surface area contributed by atoms with E-state index in [9.17, 15) is 0 Å². The third kappa shape index (κ3) is 9.34. The average Bonchev–Trinajstić information content (AvgIpc) is 1.88. The number of allylic oxidation sites excluding steroid dienone is 1. The highest BCUT2D eigenvalue weighted by Gasteiger charge is 2.49. The van der Waals surface area contributed by atoms with E-state index in [1.165, 1.54) is 130 Å². The molecule has 28 rings (SSSR count). The van der Waals surface area contributed by atoms with Crippen LogP contribution in [0.25, 0.3) is 0 Å². The van der Waals surface area contributed by atoms with Crippen molar-refractivity contribution in [2.24, 2.45) is 0 Å². The first-order chi connectivity index (χ1) is 53.6. The summed E-state index contributed by atoms with van der Waals surface area (Å²) in [5.41, 5.74) is 30.4. The molecule has 0 aliphatic carbocycles. The van der Waals surface area contributed by atoms with Crippen molar-refractivity contribution in [2.45, 2.75) is 81.9 Å². The fraction of sp³-hybridized carbons (Fsp3) is 0.216. The molecule has 20 nitrogen and oxygen atoms in total. The van der Waals surface area contributed by atoms with Crippen LogP contribution in [0, 0.1) is 0 Å². The summed E-state index contributed by atoms with van der Waals surface area (Å²) >= 11 is 0. The Hall–Kier alpha value is -12.8. The van der Waals surface area contributed by atoms with Gasteiger partial charge >= 0.3 is 0 Å². The minimum Gasteiger partial charge on any atom is -0.493 e. The van der Waals surface area contributed by atoms with E-state index in [0.29, 0.717) is 43.6 Å². The second-order valence-corrected chi connectivity index (χ2v) is 29.6. The van der Waals surface area contributed by atoms with Crippen LogP contribution in [0.3, 0.4) is 0 Å². The van der Waals surface area contributed by atoms with Crippen molar-refractivity contribution < 1.29 is 23.7 Å². The number of nitrogens with zero attached hydrogens (tertiary/aromatic N) is 15. The summed E-state index contributed by atoms with van der Waals surface area (Å²) in [6, 6.07) is 58.1. The van der Waals surface area contributed by atoms with Gasteiger partial charge in [0.15, 0.2) is 11.5 Å². The highest BCUT2D eigenvalue weighted by atomic mass is 16.5. The molecule has 532 valence electrons. The maximum atomic E-state index is 5.80. The maximum absolute atomic E-state index is 5.80. The van der Waals surface area contributed by atoms with Crippen LogP contribution < -0.4 is 63.2 Å². The van der Waals surface area contributed by atoms with E-state index in [4.69, 9.17) is 23.7 Å². The SMILES string of the molecule is C1=C2COCCN2C2Cc3cnccc3N12.C1=CN2C(=CN3c4ccncc4CC23)CO1.C1=CN2c3c(cccc3N3c4ccccc4CC23)C1.C1=CN2c3c(cccc3N3c4ccccc4CC23)O1.C1=CN2c3c(cccc3N3c4ccncc4CC23)O1.c1ccc2c(c1)CC1N3CCOc4cccc(c43)N21. The van der Waals surface area contributed by atoms with Gasteiger partial charge in [0.1, 0.15) is 85.5 Å². The topological polar surface area (TPSA) is 124 Å². The Balaban J connectivity index is 0.0000000784. The predicted molar refractivity (Wildman–Crippen MR) is 420 cm³/mol. The summed E-state index contributed by atoms with van der Waals surface area (Å²) in [4.78, 5) is 41.4. The van der Waals surface area contributed by atoms with Gasteiger partial charge in [0.25, 0.3) is 0 Å². The van der Waals surface area contributed by atoms with E-state index in [0.717, 1.165) is 95.1 Å². The molecule has 10 aromatic rings. The number of benzene rings is 7. The van der Waals surface area contributed by atoms with Gasteiger partial charge in [-0.15, -0.1) is 0 Å². The molecule has 6 unspecified atom stereocenters. The fourth-order valence-electron chi connectivity index (χ4n) is 19.7. The second-order valence-electron chi connectivity index (χ2n) is 29.6. The lowest BCUT2D eigenvalue weighted by Gasteiger charge is -2.32. The molecule has 108 heavy (non-hydrogen) atoms. The van der Waals surface area contributed by atoms with Gasteiger partial charge in [0, 0.05) is 154 Å². The van der Waals surface area contributed by atoms with E-state index in [1.54, 1.807) is 18.8 Å². The van der Waals surface area contributed by atoms with Crippen molar-refractivity contribution in [3.8, 4) is 17.2 Å². The molecule has 1 fully saturated rings. The number of rotatable bonds is 0. The Morgan fingerprint density at radius 1 is 0.315 bits per heavy atom. The van der Waals surface area contributed by atoms with Crippen molar-refractivity contribution >= 4 is 79.6 Å². The number of anilines is 14. The molecule has 6 atom stereocenters. The smallest absolute Gasteiger partial charge is 0.152 e. The number of morpholine rings is 1. The van der Waals surface area contributed by atoms with Crippen LogP contribution in [-0.2, 0) is 54.4 Å². The number of pyridine rings is 3. The molecule has 0 N–H and O–H groups in total.